The first-order valence-electron chi connectivity index (χ1n) is 23.7. The number of ketones is 1. The molecule has 0 heterocycles. The lowest BCUT2D eigenvalue weighted by molar-refractivity contribution is 0.0729. The summed E-state index contributed by atoms with van der Waals surface area (Å²) < 4.78 is 12.8. The fraction of sp³-hybridized carbons (Fsp3) is 0.474. The third kappa shape index (κ3) is 10.2. The van der Waals surface area contributed by atoms with Gasteiger partial charge in [-0.05, 0) is 192 Å². The third-order valence-electron chi connectivity index (χ3n) is 14.7. The number of Topliss-reactive ketones (excluding diaryl/α,β-unsaturated/α-hetero) is 1. The molecule has 0 saturated heterocycles. The fourth-order valence-corrected chi connectivity index (χ4v) is 11.3. The standard InChI is InChI=1S/C57H70O6/c1-34(2)14-12-18-43(32-58)46-26-20-36(5)52-49(46)28-39(8)55(60)56(52)62-33-40-22-24-41(25-23-40)50(59)31-44-30-48-38(7)29-51(63-57(61)42-16-10-9-11-17-42)53-37(6)21-27-47(54(48)53)45(44)19-13-15-35(3)4/h9-11,14-17,22-25,28-29,36-37,43-47,58,60H,12-13,18-21,26-27,30-33H2,1-8H3/t36-,37-,43?,44?,45-,46+,47+/m1/s1. The van der Waals surface area contributed by atoms with E-state index < -0.39 is 0 Å². The van der Waals surface area contributed by atoms with Crippen molar-refractivity contribution in [1.82, 2.24) is 0 Å². The molecule has 0 saturated carbocycles. The number of benzene rings is 4. The molecule has 2 N–H and O–H groups in total. The second kappa shape index (κ2) is 20.3. The lowest BCUT2D eigenvalue weighted by Crippen LogP contribution is -2.35. The van der Waals surface area contributed by atoms with Gasteiger partial charge in [-0.15, -0.1) is 0 Å². The van der Waals surface area contributed by atoms with Crippen LogP contribution < -0.4 is 9.47 Å². The van der Waals surface area contributed by atoms with Crippen LogP contribution in [0.25, 0.3) is 0 Å². The van der Waals surface area contributed by atoms with Gasteiger partial charge in [0.25, 0.3) is 0 Å². The molecule has 0 radical (unpaired) electrons. The van der Waals surface area contributed by atoms with Gasteiger partial charge in [0, 0.05) is 29.7 Å². The zero-order valence-electron chi connectivity index (χ0n) is 39.1. The molecule has 6 heteroatoms. The number of hydrogen-bond acceptors (Lipinski definition) is 6. The Morgan fingerprint density at radius 2 is 1.48 bits per heavy atom. The number of aryl methyl sites for hydroxylation is 2. The van der Waals surface area contributed by atoms with E-state index in [0.29, 0.717) is 40.9 Å². The van der Waals surface area contributed by atoms with Crippen LogP contribution in [0.15, 0.2) is 90.0 Å². The summed E-state index contributed by atoms with van der Waals surface area (Å²) in [5.74, 6) is 2.93. The van der Waals surface area contributed by atoms with Gasteiger partial charge in [0.2, 0.25) is 0 Å². The van der Waals surface area contributed by atoms with E-state index in [0.717, 1.165) is 80.0 Å². The van der Waals surface area contributed by atoms with Crippen LogP contribution >= 0.6 is 0 Å². The van der Waals surface area contributed by atoms with Crippen LogP contribution in [0.5, 0.6) is 17.2 Å². The quantitative estimate of drug-likeness (QED) is 0.0505. The van der Waals surface area contributed by atoms with Gasteiger partial charge in [-0.25, -0.2) is 4.79 Å². The Kier molecular flexibility index (Phi) is 14.8. The fourth-order valence-electron chi connectivity index (χ4n) is 11.3. The molecular formula is C57H70O6. The van der Waals surface area contributed by atoms with Crippen LogP contribution in [-0.4, -0.2) is 28.6 Å². The smallest absolute Gasteiger partial charge is 0.343 e. The second-order valence-corrected chi connectivity index (χ2v) is 19.7. The van der Waals surface area contributed by atoms with E-state index in [2.05, 4.69) is 72.8 Å². The summed E-state index contributed by atoms with van der Waals surface area (Å²) in [6.45, 7) is 17.5. The molecule has 3 aliphatic carbocycles. The molecule has 0 aromatic heterocycles. The molecule has 0 aliphatic heterocycles. The van der Waals surface area contributed by atoms with Crippen molar-refractivity contribution in [2.45, 2.75) is 150 Å². The Morgan fingerprint density at radius 3 is 2.17 bits per heavy atom. The van der Waals surface area contributed by atoms with Crippen molar-refractivity contribution in [2.75, 3.05) is 6.61 Å². The molecule has 6 nitrogen and oxygen atoms in total. The predicted molar refractivity (Wildman–Crippen MR) is 255 cm³/mol. The summed E-state index contributed by atoms with van der Waals surface area (Å²) >= 11 is 0. The molecule has 0 amide bonds. The third-order valence-corrected chi connectivity index (χ3v) is 14.7. The predicted octanol–water partition coefficient (Wildman–Crippen LogP) is 13.9. The highest BCUT2D eigenvalue weighted by molar-refractivity contribution is 5.96. The zero-order valence-corrected chi connectivity index (χ0v) is 39.1. The Bertz CT molecular complexity index is 2330. The lowest BCUT2D eigenvalue weighted by Gasteiger charge is -2.45. The summed E-state index contributed by atoms with van der Waals surface area (Å²) in [6, 6.07) is 21.3. The van der Waals surface area contributed by atoms with Crippen molar-refractivity contribution in [1.29, 1.82) is 0 Å². The van der Waals surface area contributed by atoms with E-state index in [9.17, 15) is 19.8 Å². The molecule has 0 spiro atoms. The number of rotatable bonds is 16. The molecule has 7 rings (SSSR count). The Morgan fingerprint density at radius 1 is 0.794 bits per heavy atom. The highest BCUT2D eigenvalue weighted by Crippen LogP contribution is 2.56. The van der Waals surface area contributed by atoms with E-state index in [1.165, 1.54) is 33.4 Å². The van der Waals surface area contributed by atoms with Gasteiger partial charge in [-0.3, -0.25) is 4.79 Å². The highest BCUT2D eigenvalue weighted by Gasteiger charge is 2.43. The number of aliphatic hydroxyl groups excluding tert-OH is 1. The minimum atomic E-state index is -0.328. The first kappa shape index (κ1) is 46.1. The molecule has 0 bridgehead atoms. The van der Waals surface area contributed by atoms with Crippen molar-refractivity contribution in [2.24, 2.45) is 17.8 Å². The second-order valence-electron chi connectivity index (χ2n) is 19.7. The van der Waals surface area contributed by atoms with Crippen molar-refractivity contribution < 1.29 is 29.3 Å². The molecule has 2 unspecified atom stereocenters. The van der Waals surface area contributed by atoms with E-state index in [-0.39, 0.29) is 60.3 Å². The average molecular weight is 851 g/mol. The summed E-state index contributed by atoms with van der Waals surface area (Å²) in [7, 11) is 0. The molecule has 4 aromatic carbocycles. The molecule has 63 heavy (non-hydrogen) atoms. The molecule has 7 atom stereocenters. The van der Waals surface area contributed by atoms with Gasteiger partial charge < -0.3 is 19.7 Å². The van der Waals surface area contributed by atoms with Gasteiger partial charge in [0.05, 0.1) is 5.56 Å². The number of fused-ring (bicyclic) bond motifs is 1. The van der Waals surface area contributed by atoms with Crippen LogP contribution in [0.4, 0.5) is 0 Å². The number of carbonyl (C=O) groups is 2. The number of aromatic hydroxyl groups is 1. The van der Waals surface area contributed by atoms with Crippen LogP contribution in [0.2, 0.25) is 0 Å². The largest absolute Gasteiger partial charge is 0.504 e. The lowest BCUT2D eigenvalue weighted by atomic mass is 9.59. The average Bonchev–Trinajstić information content (AvgIpc) is 3.26. The number of hydrogen-bond donors (Lipinski definition) is 2. The van der Waals surface area contributed by atoms with Gasteiger partial charge in [-0.2, -0.15) is 0 Å². The van der Waals surface area contributed by atoms with Crippen molar-refractivity contribution in [3.05, 3.63) is 146 Å². The van der Waals surface area contributed by atoms with Gasteiger partial charge in [-0.1, -0.05) is 85.7 Å². The van der Waals surface area contributed by atoms with Gasteiger partial charge in [0.1, 0.15) is 12.4 Å². The Balaban J connectivity index is 1.10. The summed E-state index contributed by atoms with van der Waals surface area (Å²) in [5, 5.41) is 21.9. The summed E-state index contributed by atoms with van der Waals surface area (Å²) in [6.07, 6.45) is 13.8. The summed E-state index contributed by atoms with van der Waals surface area (Å²) in [4.78, 5) is 27.6. The van der Waals surface area contributed by atoms with Crippen molar-refractivity contribution >= 4 is 11.8 Å². The summed E-state index contributed by atoms with van der Waals surface area (Å²) in [5.41, 5.74) is 12.9. The number of allylic oxidation sites excluding steroid dienone is 4. The SMILES string of the molecule is CC(C)=CCCC(CO)[C@@H]1CC[C@@H](C)c2c1cc(C)c(O)c2OCc1ccc(C(=O)CC2Cc3c(C)cc(OC(=O)c4ccccc4)c4c3[C@@H](CC[C@H]4C)[C@@H]2CCC=C(C)C)cc1. The van der Waals surface area contributed by atoms with Crippen LogP contribution in [0, 0.1) is 31.6 Å². The zero-order chi connectivity index (χ0) is 44.9. The number of carbonyl (C=O) groups excluding carboxylic acids is 2. The minimum Gasteiger partial charge on any atom is -0.504 e. The van der Waals surface area contributed by atoms with Crippen LogP contribution in [0.3, 0.4) is 0 Å². The van der Waals surface area contributed by atoms with Crippen molar-refractivity contribution in [3.63, 3.8) is 0 Å². The monoisotopic (exact) mass is 851 g/mol. The number of ether oxygens (including phenoxy) is 2. The van der Waals surface area contributed by atoms with E-state index >= 15 is 0 Å². The number of esters is 1. The highest BCUT2D eigenvalue weighted by atomic mass is 16.5. The maximum Gasteiger partial charge on any atom is 0.343 e. The number of phenolic OH excluding ortho intramolecular Hbond substituents is 1. The van der Waals surface area contributed by atoms with E-state index in [1.54, 1.807) is 12.1 Å². The van der Waals surface area contributed by atoms with Crippen LogP contribution in [-0.2, 0) is 13.0 Å². The molecule has 4 aromatic rings. The molecule has 3 aliphatic rings. The van der Waals surface area contributed by atoms with Gasteiger partial charge >= 0.3 is 5.97 Å². The van der Waals surface area contributed by atoms with Crippen molar-refractivity contribution in [3.8, 4) is 17.2 Å². The van der Waals surface area contributed by atoms with E-state index in [1.807, 2.05) is 49.4 Å². The van der Waals surface area contributed by atoms with Gasteiger partial charge in [0.15, 0.2) is 17.3 Å². The molecular weight excluding hydrogens is 781 g/mol. The topological polar surface area (TPSA) is 93.1 Å². The Hall–Kier alpha value is -4.94. The Labute approximate surface area is 376 Å². The normalized spacial score (nSPS) is 21.7. The molecule has 0 fully saturated rings. The number of phenols is 1. The molecule has 334 valence electrons. The minimum absolute atomic E-state index is 0.135. The maximum absolute atomic E-state index is 14.3. The van der Waals surface area contributed by atoms with Crippen LogP contribution in [0.1, 0.15) is 188 Å². The van der Waals surface area contributed by atoms with E-state index in [4.69, 9.17) is 9.47 Å². The first-order valence-corrected chi connectivity index (χ1v) is 23.7. The number of aliphatic hydroxyl groups is 1. The maximum atomic E-state index is 14.3. The first-order chi connectivity index (χ1) is 30.2.